The molecule has 0 fully saturated rings. The summed E-state index contributed by atoms with van der Waals surface area (Å²) in [6.07, 6.45) is -0.232. The van der Waals surface area contributed by atoms with Crippen molar-refractivity contribution in [1.82, 2.24) is 0 Å². The zero-order valence-electron chi connectivity index (χ0n) is 12.0. The minimum Gasteiger partial charge on any atom is -0.493 e. The molecule has 0 radical (unpaired) electrons. The SMILES string of the molecule is COC(=O)c1cc(C(O)c2cccc(Cl)c2)cc2c1CCO2. The van der Waals surface area contributed by atoms with E-state index in [0.717, 1.165) is 5.56 Å². The van der Waals surface area contributed by atoms with Crippen molar-refractivity contribution < 1.29 is 19.4 Å². The molecule has 22 heavy (non-hydrogen) atoms. The molecule has 2 aromatic rings. The number of ether oxygens (including phenoxy) is 2. The van der Waals surface area contributed by atoms with Crippen molar-refractivity contribution in [2.45, 2.75) is 12.5 Å². The molecule has 114 valence electrons. The lowest BCUT2D eigenvalue weighted by atomic mass is 9.95. The van der Waals surface area contributed by atoms with E-state index in [4.69, 9.17) is 21.1 Å². The molecular weight excluding hydrogens is 304 g/mol. The number of benzene rings is 2. The number of fused-ring (bicyclic) bond motifs is 1. The minimum atomic E-state index is -0.892. The average Bonchev–Trinajstić information content (AvgIpc) is 3.00. The zero-order chi connectivity index (χ0) is 15.7. The molecule has 0 spiro atoms. The number of hydrogen-bond acceptors (Lipinski definition) is 4. The van der Waals surface area contributed by atoms with Crippen molar-refractivity contribution in [2.24, 2.45) is 0 Å². The van der Waals surface area contributed by atoms with E-state index in [1.807, 2.05) is 0 Å². The van der Waals surface area contributed by atoms with Crippen LogP contribution in [0.5, 0.6) is 5.75 Å². The Kier molecular flexibility index (Phi) is 4.05. The maximum Gasteiger partial charge on any atom is 0.338 e. The Morgan fingerprint density at radius 3 is 2.86 bits per heavy atom. The van der Waals surface area contributed by atoms with Crippen molar-refractivity contribution in [2.75, 3.05) is 13.7 Å². The van der Waals surface area contributed by atoms with E-state index in [9.17, 15) is 9.90 Å². The third-order valence-corrected chi connectivity index (χ3v) is 3.96. The third kappa shape index (κ3) is 2.67. The standard InChI is InChI=1S/C17H15ClO4/c1-21-17(20)14-8-11(9-15-13(14)5-6-22-15)16(19)10-3-2-4-12(18)7-10/h2-4,7-9,16,19H,5-6H2,1H3. The molecule has 0 amide bonds. The summed E-state index contributed by atoms with van der Waals surface area (Å²) in [4.78, 5) is 12.0. The highest BCUT2D eigenvalue weighted by Gasteiger charge is 2.24. The second-order valence-corrected chi connectivity index (χ2v) is 5.53. The fourth-order valence-electron chi connectivity index (χ4n) is 2.64. The number of aliphatic hydroxyl groups is 1. The van der Waals surface area contributed by atoms with Gasteiger partial charge < -0.3 is 14.6 Å². The molecule has 2 aromatic carbocycles. The van der Waals surface area contributed by atoms with Crippen LogP contribution in [0.3, 0.4) is 0 Å². The summed E-state index contributed by atoms with van der Waals surface area (Å²) >= 11 is 5.96. The maximum absolute atomic E-state index is 12.0. The third-order valence-electron chi connectivity index (χ3n) is 3.73. The maximum atomic E-state index is 12.0. The van der Waals surface area contributed by atoms with Crippen LogP contribution in [0, 0.1) is 0 Å². The molecular formula is C17H15ClO4. The van der Waals surface area contributed by atoms with Gasteiger partial charge in [-0.25, -0.2) is 4.79 Å². The Balaban J connectivity index is 2.06. The van der Waals surface area contributed by atoms with Gasteiger partial charge >= 0.3 is 5.97 Å². The molecule has 0 bridgehead atoms. The summed E-state index contributed by atoms with van der Waals surface area (Å²) < 4.78 is 10.4. The van der Waals surface area contributed by atoms with Gasteiger partial charge in [0.2, 0.25) is 0 Å². The van der Waals surface area contributed by atoms with Gasteiger partial charge in [-0.15, -0.1) is 0 Å². The number of aliphatic hydroxyl groups excluding tert-OH is 1. The predicted octanol–water partition coefficient (Wildman–Crippen LogP) is 3.14. The Bertz CT molecular complexity index is 727. The Morgan fingerprint density at radius 1 is 1.32 bits per heavy atom. The Labute approximate surface area is 133 Å². The van der Waals surface area contributed by atoms with Gasteiger partial charge in [0.05, 0.1) is 19.3 Å². The van der Waals surface area contributed by atoms with Crippen LogP contribution in [0.25, 0.3) is 0 Å². The van der Waals surface area contributed by atoms with Crippen molar-refractivity contribution in [3.63, 3.8) is 0 Å². The molecule has 0 aromatic heterocycles. The molecule has 3 rings (SSSR count). The van der Waals surface area contributed by atoms with E-state index >= 15 is 0 Å². The van der Waals surface area contributed by atoms with E-state index < -0.39 is 12.1 Å². The number of methoxy groups -OCH3 is 1. The quantitative estimate of drug-likeness (QED) is 0.883. The van der Waals surface area contributed by atoms with Gasteiger partial charge in [-0.1, -0.05) is 23.7 Å². The summed E-state index contributed by atoms with van der Waals surface area (Å²) in [5.41, 5.74) is 2.49. The van der Waals surface area contributed by atoms with Gasteiger partial charge in [-0.3, -0.25) is 0 Å². The highest BCUT2D eigenvalue weighted by molar-refractivity contribution is 6.30. The lowest BCUT2D eigenvalue weighted by Gasteiger charge is -2.15. The lowest BCUT2D eigenvalue weighted by molar-refractivity contribution is 0.0599. The van der Waals surface area contributed by atoms with Crippen LogP contribution in [0.4, 0.5) is 0 Å². The van der Waals surface area contributed by atoms with E-state index in [1.165, 1.54) is 7.11 Å². The molecule has 1 aliphatic heterocycles. The molecule has 4 nitrogen and oxygen atoms in total. The van der Waals surface area contributed by atoms with Crippen LogP contribution in [-0.4, -0.2) is 24.8 Å². The van der Waals surface area contributed by atoms with Crippen molar-refractivity contribution in [3.8, 4) is 5.75 Å². The largest absolute Gasteiger partial charge is 0.493 e. The van der Waals surface area contributed by atoms with E-state index in [-0.39, 0.29) is 0 Å². The highest BCUT2D eigenvalue weighted by atomic mass is 35.5. The number of hydrogen-bond donors (Lipinski definition) is 1. The molecule has 0 saturated carbocycles. The number of carbonyl (C=O) groups excluding carboxylic acids is 1. The summed E-state index contributed by atoms with van der Waals surface area (Å²) in [5.74, 6) is 0.195. The number of rotatable bonds is 3. The van der Waals surface area contributed by atoms with Crippen LogP contribution < -0.4 is 4.74 Å². The number of halogens is 1. The van der Waals surface area contributed by atoms with Gasteiger partial charge in [0, 0.05) is 17.0 Å². The first-order chi connectivity index (χ1) is 10.6. The van der Waals surface area contributed by atoms with Crippen LogP contribution in [-0.2, 0) is 11.2 Å². The first kappa shape index (κ1) is 14.9. The zero-order valence-corrected chi connectivity index (χ0v) is 12.8. The summed E-state index contributed by atoms with van der Waals surface area (Å²) in [7, 11) is 1.34. The first-order valence-electron chi connectivity index (χ1n) is 6.91. The fraction of sp³-hybridized carbons (Fsp3) is 0.235. The van der Waals surface area contributed by atoms with E-state index in [0.29, 0.717) is 40.5 Å². The lowest BCUT2D eigenvalue weighted by Crippen LogP contribution is -2.08. The topological polar surface area (TPSA) is 55.8 Å². The second kappa shape index (κ2) is 5.99. The first-order valence-corrected chi connectivity index (χ1v) is 7.29. The molecule has 1 heterocycles. The van der Waals surface area contributed by atoms with Gasteiger partial charge in [-0.05, 0) is 35.4 Å². The molecule has 5 heteroatoms. The molecule has 1 unspecified atom stereocenters. The second-order valence-electron chi connectivity index (χ2n) is 5.09. The summed E-state index contributed by atoms with van der Waals surface area (Å²) in [6, 6.07) is 10.4. The number of esters is 1. The predicted molar refractivity (Wildman–Crippen MR) is 82.5 cm³/mol. The smallest absolute Gasteiger partial charge is 0.338 e. The van der Waals surface area contributed by atoms with Gasteiger partial charge in [0.25, 0.3) is 0 Å². The normalized spacial score (nSPS) is 14.1. The monoisotopic (exact) mass is 318 g/mol. The van der Waals surface area contributed by atoms with Crippen molar-refractivity contribution in [1.29, 1.82) is 0 Å². The summed E-state index contributed by atoms with van der Waals surface area (Å²) in [5, 5.41) is 11.1. The Hall–Kier alpha value is -2.04. The average molecular weight is 319 g/mol. The van der Waals surface area contributed by atoms with Crippen LogP contribution >= 0.6 is 11.6 Å². The van der Waals surface area contributed by atoms with Crippen LogP contribution in [0.15, 0.2) is 36.4 Å². The minimum absolute atomic E-state index is 0.429. The molecule has 0 saturated heterocycles. The molecule has 1 aliphatic rings. The Morgan fingerprint density at radius 2 is 2.14 bits per heavy atom. The van der Waals surface area contributed by atoms with Gasteiger partial charge in [0.1, 0.15) is 11.9 Å². The van der Waals surface area contributed by atoms with Crippen LogP contribution in [0.2, 0.25) is 5.02 Å². The van der Waals surface area contributed by atoms with Crippen LogP contribution in [0.1, 0.15) is 33.2 Å². The van der Waals surface area contributed by atoms with Gasteiger partial charge in [0.15, 0.2) is 0 Å². The van der Waals surface area contributed by atoms with Crippen molar-refractivity contribution in [3.05, 3.63) is 63.7 Å². The molecule has 1 N–H and O–H groups in total. The van der Waals surface area contributed by atoms with Gasteiger partial charge in [-0.2, -0.15) is 0 Å². The molecule has 1 atom stereocenters. The van der Waals surface area contributed by atoms with E-state index in [1.54, 1.807) is 36.4 Å². The highest BCUT2D eigenvalue weighted by Crippen LogP contribution is 2.34. The van der Waals surface area contributed by atoms with Crippen molar-refractivity contribution >= 4 is 17.6 Å². The number of carbonyl (C=O) groups is 1. The molecule has 0 aliphatic carbocycles. The fourth-order valence-corrected chi connectivity index (χ4v) is 2.83. The van der Waals surface area contributed by atoms with E-state index in [2.05, 4.69) is 0 Å². The summed E-state index contributed by atoms with van der Waals surface area (Å²) in [6.45, 7) is 0.524.